The lowest BCUT2D eigenvalue weighted by atomic mass is 10.1. The van der Waals surface area contributed by atoms with Crippen molar-refractivity contribution in [2.24, 2.45) is 0 Å². The van der Waals surface area contributed by atoms with E-state index in [1.165, 1.54) is 32.9 Å². The Morgan fingerprint density at radius 2 is 1.70 bits per heavy atom. The van der Waals surface area contributed by atoms with Crippen molar-refractivity contribution in [2.45, 2.75) is 81.9 Å². The Kier molecular flexibility index (Phi) is 13.1. The maximum absolute atomic E-state index is 13.0. The van der Waals surface area contributed by atoms with Gasteiger partial charge >= 0.3 is 12.2 Å². The van der Waals surface area contributed by atoms with E-state index < -0.39 is 59.3 Å². The molecule has 16 heteroatoms. The van der Waals surface area contributed by atoms with Gasteiger partial charge < -0.3 is 35.5 Å². The number of hydrogen-bond acceptors (Lipinski definition) is 11. The number of alkyl carbamates (subject to hydrolysis) is 2. The van der Waals surface area contributed by atoms with E-state index in [2.05, 4.69) is 30.7 Å². The summed E-state index contributed by atoms with van der Waals surface area (Å²) < 4.78 is 10.9. The molecule has 6 amide bonds. The highest BCUT2D eigenvalue weighted by molar-refractivity contribution is 7.98. The summed E-state index contributed by atoms with van der Waals surface area (Å²) in [6.07, 6.45) is 1.17. The first-order chi connectivity index (χ1) is 19.0. The van der Waals surface area contributed by atoms with E-state index in [1.54, 1.807) is 0 Å². The first-order valence-corrected chi connectivity index (χ1v) is 13.9. The normalized spacial score (nSPS) is 21.2. The molecule has 2 heterocycles. The number of carbonyl (C=O) groups excluding carboxylic acids is 7. The van der Waals surface area contributed by atoms with Crippen LogP contribution in [-0.2, 0) is 33.4 Å². The number of rotatable bonds is 14. The second-order valence-corrected chi connectivity index (χ2v) is 10.7. The maximum Gasteiger partial charge on any atom is 0.407 e. The number of likely N-dealkylation sites (tertiary alicyclic amines) is 1. The zero-order valence-electron chi connectivity index (χ0n) is 23.1. The Balaban J connectivity index is 1.89. The van der Waals surface area contributed by atoms with Gasteiger partial charge in [0.2, 0.25) is 23.6 Å². The average Bonchev–Trinajstić information content (AvgIpc) is 3.49. The van der Waals surface area contributed by atoms with Gasteiger partial charge in [-0.1, -0.05) is 11.9 Å². The number of imide groups is 1. The van der Waals surface area contributed by atoms with Gasteiger partial charge in [0.05, 0.1) is 26.4 Å². The molecule has 2 aliphatic rings. The van der Waals surface area contributed by atoms with Crippen LogP contribution in [0, 0.1) is 0 Å². The van der Waals surface area contributed by atoms with E-state index in [9.17, 15) is 33.6 Å². The molecule has 4 unspecified atom stereocenters. The Morgan fingerprint density at radius 3 is 2.35 bits per heavy atom. The summed E-state index contributed by atoms with van der Waals surface area (Å²) in [5.74, 6) is -2.24. The molecular weight excluding hydrogens is 548 g/mol. The highest BCUT2D eigenvalue weighted by Gasteiger charge is 2.45. The van der Waals surface area contributed by atoms with Crippen molar-refractivity contribution in [2.75, 3.05) is 27.3 Å². The molecule has 0 aromatic heterocycles. The van der Waals surface area contributed by atoms with Crippen molar-refractivity contribution < 1.29 is 43.0 Å². The predicted octanol–water partition coefficient (Wildman–Crippen LogP) is -0.357. The molecule has 15 nitrogen and oxygen atoms in total. The van der Waals surface area contributed by atoms with Crippen molar-refractivity contribution in [1.29, 1.82) is 0 Å². The largest absolute Gasteiger partial charge is 0.453 e. The van der Waals surface area contributed by atoms with Crippen LogP contribution < -0.4 is 21.3 Å². The summed E-state index contributed by atoms with van der Waals surface area (Å²) in [4.78, 5) is 86.3. The van der Waals surface area contributed by atoms with Gasteiger partial charge in [-0.05, 0) is 46.0 Å². The summed E-state index contributed by atoms with van der Waals surface area (Å²) >= 11 is 1.17. The molecule has 0 spiro atoms. The van der Waals surface area contributed by atoms with Crippen LogP contribution in [0.4, 0.5) is 9.59 Å². The quantitative estimate of drug-likeness (QED) is 0.0683. The van der Waals surface area contributed by atoms with Gasteiger partial charge in [0.15, 0.2) is 0 Å². The molecule has 5 atom stereocenters. The minimum absolute atomic E-state index is 0.0779. The van der Waals surface area contributed by atoms with E-state index in [1.807, 2.05) is 4.31 Å². The Bertz CT molecular complexity index is 967. The number of carbonyl (C=O) groups is 7. The SMILES string of the molecule is COC(=O)NCCCCC(NC(=O)OC)C(=O)NC(C)NC(=O)C(C)N1C(=O)CC(SN2CCC[C@H]2C=O)C1=O. The van der Waals surface area contributed by atoms with Crippen LogP contribution in [0.2, 0.25) is 0 Å². The van der Waals surface area contributed by atoms with Crippen LogP contribution in [0.3, 0.4) is 0 Å². The molecule has 2 saturated heterocycles. The summed E-state index contributed by atoms with van der Waals surface area (Å²) in [6.45, 7) is 3.86. The third-order valence-corrected chi connectivity index (χ3v) is 7.81. The minimum atomic E-state index is -1.13. The van der Waals surface area contributed by atoms with Gasteiger partial charge in [-0.15, -0.1) is 0 Å². The smallest absolute Gasteiger partial charge is 0.407 e. The molecule has 0 saturated carbocycles. The number of methoxy groups -OCH3 is 2. The third kappa shape index (κ3) is 9.36. The second-order valence-electron chi connectivity index (χ2n) is 9.40. The van der Waals surface area contributed by atoms with Gasteiger partial charge in [-0.3, -0.25) is 24.1 Å². The fourth-order valence-corrected chi connectivity index (χ4v) is 5.61. The first-order valence-electron chi connectivity index (χ1n) is 13.0. The van der Waals surface area contributed by atoms with E-state index >= 15 is 0 Å². The van der Waals surface area contributed by atoms with Crippen LogP contribution in [-0.4, -0.2) is 108 Å². The first kappa shape index (κ1) is 32.8. The minimum Gasteiger partial charge on any atom is -0.453 e. The predicted molar refractivity (Wildman–Crippen MR) is 142 cm³/mol. The van der Waals surface area contributed by atoms with Crippen molar-refractivity contribution in [3.05, 3.63) is 0 Å². The molecule has 0 radical (unpaired) electrons. The highest BCUT2D eigenvalue weighted by Crippen LogP contribution is 2.33. The summed E-state index contributed by atoms with van der Waals surface area (Å²) in [5.41, 5.74) is 0. The monoisotopic (exact) mass is 586 g/mol. The molecule has 2 aliphatic heterocycles. The molecule has 0 aliphatic carbocycles. The van der Waals surface area contributed by atoms with E-state index in [4.69, 9.17) is 0 Å². The van der Waals surface area contributed by atoms with Crippen molar-refractivity contribution >= 4 is 54.0 Å². The van der Waals surface area contributed by atoms with Gasteiger partial charge in [0.1, 0.15) is 23.6 Å². The van der Waals surface area contributed by atoms with Gasteiger partial charge in [0.25, 0.3) is 0 Å². The molecule has 224 valence electrons. The number of nitrogens with zero attached hydrogens (tertiary/aromatic N) is 2. The summed E-state index contributed by atoms with van der Waals surface area (Å²) in [6, 6.07) is -2.42. The number of amides is 6. The van der Waals surface area contributed by atoms with Crippen molar-refractivity contribution in [3.63, 3.8) is 0 Å². The third-order valence-electron chi connectivity index (χ3n) is 6.46. The molecule has 2 fully saturated rings. The number of hydrogen-bond donors (Lipinski definition) is 4. The molecular formula is C24H38N6O9S. The lowest BCUT2D eigenvalue weighted by Crippen LogP contribution is -2.56. The number of ether oxygens (including phenoxy) is 2. The lowest BCUT2D eigenvalue weighted by molar-refractivity contribution is -0.146. The fraction of sp³-hybridized carbons (Fsp3) is 0.708. The van der Waals surface area contributed by atoms with Gasteiger partial charge in [-0.2, -0.15) is 0 Å². The second kappa shape index (κ2) is 16.0. The zero-order valence-corrected chi connectivity index (χ0v) is 23.9. The number of unbranched alkanes of at least 4 members (excludes halogenated alkanes) is 1. The van der Waals surface area contributed by atoms with E-state index in [-0.39, 0.29) is 18.9 Å². The maximum atomic E-state index is 13.0. The standard InChI is InChI=1S/C24H38N6O9S/c1-14(30-19(32)12-18(22(30)35)40-29-11-7-8-16(29)13-31)20(33)26-15(2)27-21(34)17(28-24(37)39-4)9-5-6-10-25-23(36)38-3/h13-18H,5-12H2,1-4H3,(H,25,36)(H,26,33)(H,27,34)(H,28,37)/t14?,15?,16-,17?,18?/m0/s1. The lowest BCUT2D eigenvalue weighted by Gasteiger charge is -2.26. The highest BCUT2D eigenvalue weighted by atomic mass is 32.2. The van der Waals surface area contributed by atoms with Crippen LogP contribution in [0.15, 0.2) is 0 Å². The molecule has 0 aromatic carbocycles. The summed E-state index contributed by atoms with van der Waals surface area (Å²) in [5, 5.41) is 9.38. The fourth-order valence-electron chi connectivity index (χ4n) is 4.32. The van der Waals surface area contributed by atoms with E-state index in [0.717, 1.165) is 24.7 Å². The van der Waals surface area contributed by atoms with Crippen molar-refractivity contribution in [3.8, 4) is 0 Å². The topological polar surface area (TPSA) is 193 Å². The van der Waals surface area contributed by atoms with Gasteiger partial charge in [-0.25, -0.2) is 13.9 Å². The Morgan fingerprint density at radius 1 is 1.02 bits per heavy atom. The van der Waals surface area contributed by atoms with E-state index in [0.29, 0.717) is 32.4 Å². The van der Waals surface area contributed by atoms with Crippen LogP contribution in [0.25, 0.3) is 0 Å². The zero-order chi connectivity index (χ0) is 29.8. The molecule has 2 rings (SSSR count). The van der Waals surface area contributed by atoms with Crippen LogP contribution >= 0.6 is 11.9 Å². The van der Waals surface area contributed by atoms with Crippen LogP contribution in [0.5, 0.6) is 0 Å². The summed E-state index contributed by atoms with van der Waals surface area (Å²) in [7, 11) is 2.40. The Labute approximate surface area is 236 Å². The molecule has 0 bridgehead atoms. The van der Waals surface area contributed by atoms with Crippen LogP contribution in [0.1, 0.15) is 52.4 Å². The number of aldehydes is 1. The molecule has 0 aromatic rings. The molecule has 40 heavy (non-hydrogen) atoms. The van der Waals surface area contributed by atoms with Gasteiger partial charge in [0, 0.05) is 19.5 Å². The number of nitrogens with one attached hydrogen (secondary N) is 4. The van der Waals surface area contributed by atoms with Crippen molar-refractivity contribution in [1.82, 2.24) is 30.5 Å². The average molecular weight is 587 g/mol. The Hall–Kier alpha value is -3.40. The molecule has 4 N–H and O–H groups in total.